The van der Waals surface area contributed by atoms with E-state index in [1.807, 2.05) is 0 Å². The third-order valence-corrected chi connectivity index (χ3v) is 3.72. The quantitative estimate of drug-likeness (QED) is 0.669. The van der Waals surface area contributed by atoms with Crippen LogP contribution in [0.3, 0.4) is 0 Å². The molecule has 0 aliphatic heterocycles. The van der Waals surface area contributed by atoms with Crippen LogP contribution in [0.25, 0.3) is 22.2 Å². The van der Waals surface area contributed by atoms with Crippen molar-refractivity contribution in [3.05, 3.63) is 40.9 Å². The average Bonchev–Trinajstić information content (AvgIpc) is 2.94. The minimum Gasteiger partial charge on any atom is -0.422 e. The van der Waals surface area contributed by atoms with Gasteiger partial charge in [-0.2, -0.15) is 9.37 Å². The van der Waals surface area contributed by atoms with Crippen LogP contribution in [-0.4, -0.2) is 27.7 Å². The molecule has 3 aromatic rings. The number of hydrogen-bond donors (Lipinski definition) is 1. The Morgan fingerprint density at radius 2 is 2.00 bits per heavy atom. The fraction of sp³-hybridized carbons (Fsp3) is 0.143. The molecule has 120 valence electrons. The van der Waals surface area contributed by atoms with Crippen molar-refractivity contribution >= 4 is 26.8 Å². The molecule has 0 bridgehead atoms. The predicted octanol–water partition coefficient (Wildman–Crippen LogP) is 4.47. The zero-order chi connectivity index (χ0) is 16.6. The lowest BCUT2D eigenvalue weighted by Crippen LogP contribution is -2.20. The number of benzene rings is 1. The zero-order valence-electron chi connectivity index (χ0n) is 11.2. The maximum absolute atomic E-state index is 14.0. The molecule has 0 amide bonds. The van der Waals surface area contributed by atoms with Crippen LogP contribution in [0.5, 0.6) is 6.01 Å². The van der Waals surface area contributed by atoms with E-state index in [2.05, 4.69) is 35.6 Å². The number of aromatic nitrogens is 3. The fourth-order valence-electron chi connectivity index (χ4n) is 2.06. The monoisotopic (exact) mass is 389 g/mol. The van der Waals surface area contributed by atoms with Crippen molar-refractivity contribution in [1.29, 1.82) is 0 Å². The molecule has 1 aromatic carbocycles. The molecule has 1 N–H and O–H groups in total. The molecule has 1 atom stereocenters. The molecule has 2 heterocycles. The van der Waals surface area contributed by atoms with Gasteiger partial charge in [-0.25, -0.2) is 18.2 Å². The summed E-state index contributed by atoms with van der Waals surface area (Å²) in [5, 5.41) is 0.647. The largest absolute Gasteiger partial charge is 0.422 e. The molecule has 0 fully saturated rings. The van der Waals surface area contributed by atoms with Crippen molar-refractivity contribution in [1.82, 2.24) is 15.0 Å². The summed E-state index contributed by atoms with van der Waals surface area (Å²) >= 11 is 3.35. The maximum Gasteiger partial charge on any atom is 0.319 e. The molecule has 0 saturated heterocycles. The van der Waals surface area contributed by atoms with Crippen LogP contribution >= 0.6 is 15.9 Å². The van der Waals surface area contributed by atoms with Gasteiger partial charge in [0, 0.05) is 21.6 Å². The number of fused-ring (bicyclic) bond motifs is 1. The molecular weight excluding hydrogens is 382 g/mol. The van der Waals surface area contributed by atoms with Crippen LogP contribution in [-0.2, 0) is 0 Å². The Morgan fingerprint density at radius 3 is 2.74 bits per heavy atom. The minimum absolute atomic E-state index is 0.180. The number of nitrogens with zero attached hydrogens (tertiary/aromatic N) is 2. The van der Waals surface area contributed by atoms with Crippen molar-refractivity contribution in [3.63, 3.8) is 0 Å². The van der Waals surface area contributed by atoms with E-state index >= 15 is 0 Å². The molecular formula is C14H8BrF4N3O. The fourth-order valence-corrected chi connectivity index (χ4v) is 2.54. The van der Waals surface area contributed by atoms with Crippen LogP contribution in [0.4, 0.5) is 17.6 Å². The SMILES string of the molecule is Fc1cnc(OC(F)C(F)F)nc1-c1c[nH]c2c(Br)cccc12. The van der Waals surface area contributed by atoms with Crippen molar-refractivity contribution < 1.29 is 22.3 Å². The van der Waals surface area contributed by atoms with Gasteiger partial charge >= 0.3 is 18.8 Å². The number of ether oxygens (including phenoxy) is 1. The molecule has 0 aliphatic carbocycles. The first kappa shape index (κ1) is 15.7. The molecule has 0 radical (unpaired) electrons. The Hall–Kier alpha value is -2.16. The van der Waals surface area contributed by atoms with Gasteiger partial charge in [-0.15, -0.1) is 0 Å². The topological polar surface area (TPSA) is 50.8 Å². The Kier molecular flexibility index (Phi) is 4.20. The van der Waals surface area contributed by atoms with Gasteiger partial charge in [-0.05, 0) is 22.0 Å². The van der Waals surface area contributed by atoms with Crippen molar-refractivity contribution in [3.8, 4) is 17.3 Å². The predicted molar refractivity (Wildman–Crippen MR) is 78.5 cm³/mol. The summed E-state index contributed by atoms with van der Waals surface area (Å²) in [7, 11) is 0. The van der Waals surface area contributed by atoms with Crippen molar-refractivity contribution in [2.75, 3.05) is 0 Å². The molecule has 1 unspecified atom stereocenters. The lowest BCUT2D eigenvalue weighted by molar-refractivity contribution is -0.0713. The second-order valence-corrected chi connectivity index (χ2v) is 5.37. The third-order valence-electron chi connectivity index (χ3n) is 3.06. The van der Waals surface area contributed by atoms with E-state index in [0.29, 0.717) is 16.5 Å². The lowest BCUT2D eigenvalue weighted by atomic mass is 10.1. The van der Waals surface area contributed by atoms with Crippen molar-refractivity contribution in [2.24, 2.45) is 0 Å². The number of alkyl halides is 3. The number of nitrogens with one attached hydrogen (secondary N) is 1. The molecule has 0 spiro atoms. The number of hydrogen-bond acceptors (Lipinski definition) is 3. The van der Waals surface area contributed by atoms with Gasteiger partial charge in [0.2, 0.25) is 0 Å². The van der Waals surface area contributed by atoms with Gasteiger partial charge in [-0.1, -0.05) is 12.1 Å². The first-order valence-electron chi connectivity index (χ1n) is 6.34. The van der Waals surface area contributed by atoms with E-state index in [0.717, 1.165) is 10.7 Å². The van der Waals surface area contributed by atoms with Gasteiger partial charge in [0.05, 0.1) is 11.7 Å². The first-order chi connectivity index (χ1) is 11.0. The molecule has 0 saturated carbocycles. The van der Waals surface area contributed by atoms with E-state index in [4.69, 9.17) is 0 Å². The number of H-pyrrole nitrogens is 1. The number of halogens is 5. The average molecular weight is 390 g/mol. The van der Waals surface area contributed by atoms with Gasteiger partial charge in [-0.3, -0.25) is 0 Å². The van der Waals surface area contributed by atoms with Gasteiger partial charge in [0.15, 0.2) is 5.82 Å². The van der Waals surface area contributed by atoms with E-state index in [-0.39, 0.29) is 5.69 Å². The summed E-state index contributed by atoms with van der Waals surface area (Å²) < 4.78 is 56.3. The normalized spacial score (nSPS) is 12.8. The molecule has 4 nitrogen and oxygen atoms in total. The van der Waals surface area contributed by atoms with Crippen LogP contribution in [0.1, 0.15) is 0 Å². The number of para-hydroxylation sites is 1. The Morgan fingerprint density at radius 1 is 1.22 bits per heavy atom. The van der Waals surface area contributed by atoms with Gasteiger partial charge < -0.3 is 9.72 Å². The summed E-state index contributed by atoms with van der Waals surface area (Å²) in [5.41, 5.74) is 0.901. The van der Waals surface area contributed by atoms with Gasteiger partial charge in [0.1, 0.15) is 5.69 Å². The Balaban J connectivity index is 2.06. The van der Waals surface area contributed by atoms with Gasteiger partial charge in [0.25, 0.3) is 0 Å². The van der Waals surface area contributed by atoms with E-state index < -0.39 is 24.6 Å². The summed E-state index contributed by atoms with van der Waals surface area (Å²) in [6.07, 6.45) is -3.99. The summed E-state index contributed by atoms with van der Waals surface area (Å²) in [5.74, 6) is -0.786. The van der Waals surface area contributed by atoms with Crippen molar-refractivity contribution in [2.45, 2.75) is 12.8 Å². The highest BCUT2D eigenvalue weighted by Gasteiger charge is 2.23. The molecule has 2 aromatic heterocycles. The Labute approximate surface area is 135 Å². The molecule has 9 heteroatoms. The van der Waals surface area contributed by atoms with Crippen LogP contribution in [0, 0.1) is 5.82 Å². The smallest absolute Gasteiger partial charge is 0.319 e. The highest BCUT2D eigenvalue weighted by atomic mass is 79.9. The highest BCUT2D eigenvalue weighted by Crippen LogP contribution is 2.33. The summed E-state index contributed by atoms with van der Waals surface area (Å²) in [6.45, 7) is 0. The maximum atomic E-state index is 14.0. The second kappa shape index (κ2) is 6.15. The minimum atomic E-state index is -3.35. The van der Waals surface area contributed by atoms with E-state index in [9.17, 15) is 17.6 Å². The number of aromatic amines is 1. The number of rotatable bonds is 4. The third kappa shape index (κ3) is 3.00. The zero-order valence-corrected chi connectivity index (χ0v) is 12.8. The van der Waals surface area contributed by atoms with E-state index in [1.165, 1.54) is 6.20 Å². The highest BCUT2D eigenvalue weighted by molar-refractivity contribution is 9.10. The summed E-state index contributed by atoms with van der Waals surface area (Å²) in [6, 6.07) is 4.60. The summed E-state index contributed by atoms with van der Waals surface area (Å²) in [4.78, 5) is 10.0. The lowest BCUT2D eigenvalue weighted by Gasteiger charge is -2.09. The molecule has 23 heavy (non-hydrogen) atoms. The van der Waals surface area contributed by atoms with Crippen LogP contribution < -0.4 is 4.74 Å². The molecule has 3 rings (SSSR count). The second-order valence-electron chi connectivity index (χ2n) is 4.52. The van der Waals surface area contributed by atoms with E-state index in [1.54, 1.807) is 18.2 Å². The molecule has 0 aliphatic rings. The van der Waals surface area contributed by atoms with Crippen LogP contribution in [0.2, 0.25) is 0 Å². The first-order valence-corrected chi connectivity index (χ1v) is 7.14. The standard InChI is InChI=1S/C14H8BrF4N3O/c15-8-3-1-2-6-7(4-20-10(6)8)11-9(16)5-21-14(22-11)23-13(19)12(17)18/h1-5,12-13,20H. The Bertz CT molecular complexity index is 855. The van der Waals surface area contributed by atoms with Crippen LogP contribution in [0.15, 0.2) is 35.1 Å².